The number of benzene rings is 1. The molecule has 5 rings (SSSR count). The molecular formula is C19H17F2N7. The average Bonchev–Trinajstić information content (AvgIpc) is 3.23. The third-order valence-electron chi connectivity index (χ3n) is 5.00. The number of aryl methyl sites for hydroxylation is 3. The molecule has 0 bridgehead atoms. The zero-order valence-electron chi connectivity index (χ0n) is 15.5. The Morgan fingerprint density at radius 2 is 1.71 bits per heavy atom. The molecule has 0 saturated heterocycles. The van der Waals surface area contributed by atoms with Gasteiger partial charge in [-0.15, -0.1) is 5.10 Å². The van der Waals surface area contributed by atoms with Crippen LogP contribution in [0.4, 0.5) is 8.78 Å². The van der Waals surface area contributed by atoms with Crippen LogP contribution < -0.4 is 0 Å². The minimum absolute atomic E-state index is 0.124. The molecule has 0 spiro atoms. The summed E-state index contributed by atoms with van der Waals surface area (Å²) >= 11 is 0. The number of nitrogens with zero attached hydrogens (tertiary/aromatic N) is 6. The molecule has 4 aromatic rings. The van der Waals surface area contributed by atoms with Gasteiger partial charge >= 0.3 is 0 Å². The fourth-order valence-corrected chi connectivity index (χ4v) is 3.64. The van der Waals surface area contributed by atoms with Gasteiger partial charge in [0.25, 0.3) is 0 Å². The van der Waals surface area contributed by atoms with Gasteiger partial charge in [0.05, 0.1) is 16.7 Å². The van der Waals surface area contributed by atoms with E-state index in [2.05, 4.69) is 30.0 Å². The fourth-order valence-electron chi connectivity index (χ4n) is 3.64. The van der Waals surface area contributed by atoms with Crippen molar-refractivity contribution in [3.05, 3.63) is 58.8 Å². The Kier molecular flexibility index (Phi) is 3.55. The number of hydrogen-bond donors (Lipinski definition) is 1. The van der Waals surface area contributed by atoms with Crippen molar-refractivity contribution in [2.45, 2.75) is 39.0 Å². The second kappa shape index (κ2) is 5.88. The number of H-pyrrole nitrogens is 1. The monoisotopic (exact) mass is 381 g/mol. The highest BCUT2D eigenvalue weighted by molar-refractivity contribution is 5.75. The quantitative estimate of drug-likeness (QED) is 0.588. The van der Waals surface area contributed by atoms with Crippen molar-refractivity contribution in [3.8, 4) is 5.82 Å². The molecule has 0 amide bonds. The molecule has 7 nitrogen and oxygen atoms in total. The summed E-state index contributed by atoms with van der Waals surface area (Å²) in [6.07, 6.45) is 0.857. The van der Waals surface area contributed by atoms with Crippen molar-refractivity contribution < 1.29 is 8.78 Å². The van der Waals surface area contributed by atoms with E-state index in [1.807, 2.05) is 26.8 Å². The van der Waals surface area contributed by atoms with Crippen LogP contribution in [0, 0.1) is 32.4 Å². The van der Waals surface area contributed by atoms with Crippen molar-refractivity contribution in [1.29, 1.82) is 0 Å². The minimum atomic E-state index is -0.896. The van der Waals surface area contributed by atoms with E-state index in [4.69, 9.17) is 0 Å². The third-order valence-corrected chi connectivity index (χ3v) is 5.00. The average molecular weight is 381 g/mol. The summed E-state index contributed by atoms with van der Waals surface area (Å²) in [5, 5.41) is 4.39. The predicted octanol–water partition coefficient (Wildman–Crippen LogP) is 3.41. The first-order valence-electron chi connectivity index (χ1n) is 9.00. The zero-order valence-corrected chi connectivity index (χ0v) is 15.5. The van der Waals surface area contributed by atoms with E-state index < -0.39 is 11.6 Å². The van der Waals surface area contributed by atoms with Gasteiger partial charge in [0.1, 0.15) is 23.3 Å². The summed E-state index contributed by atoms with van der Waals surface area (Å²) in [4.78, 5) is 20.9. The molecule has 142 valence electrons. The second-order valence-electron chi connectivity index (χ2n) is 7.17. The maximum atomic E-state index is 13.4. The Bertz CT molecular complexity index is 1190. The maximum Gasteiger partial charge on any atom is 0.161 e. The Hall–Kier alpha value is -3.23. The van der Waals surface area contributed by atoms with Gasteiger partial charge in [-0.05, 0) is 27.2 Å². The van der Waals surface area contributed by atoms with E-state index in [0.717, 1.165) is 35.9 Å². The Balaban J connectivity index is 1.48. The fraction of sp³-hybridized carbons (Fsp3) is 0.316. The molecule has 2 atom stereocenters. The number of rotatable bonds is 3. The van der Waals surface area contributed by atoms with Gasteiger partial charge in [-0.2, -0.15) is 4.68 Å². The number of aromatic nitrogens is 7. The molecule has 1 aromatic carbocycles. The molecule has 1 saturated carbocycles. The van der Waals surface area contributed by atoms with Crippen LogP contribution in [-0.2, 0) is 0 Å². The molecule has 0 unspecified atom stereocenters. The molecule has 1 aliphatic rings. The van der Waals surface area contributed by atoms with Crippen molar-refractivity contribution in [2.75, 3.05) is 0 Å². The van der Waals surface area contributed by atoms with Crippen LogP contribution in [0.5, 0.6) is 0 Å². The summed E-state index contributed by atoms with van der Waals surface area (Å²) in [6.45, 7) is 5.56. The number of halogens is 2. The van der Waals surface area contributed by atoms with Gasteiger partial charge in [-0.25, -0.2) is 28.7 Å². The zero-order chi connectivity index (χ0) is 19.6. The van der Waals surface area contributed by atoms with Crippen LogP contribution >= 0.6 is 0 Å². The van der Waals surface area contributed by atoms with Gasteiger partial charge in [-0.1, -0.05) is 0 Å². The van der Waals surface area contributed by atoms with Gasteiger partial charge in [-0.3, -0.25) is 0 Å². The van der Waals surface area contributed by atoms with Crippen molar-refractivity contribution in [2.24, 2.45) is 0 Å². The van der Waals surface area contributed by atoms with Crippen molar-refractivity contribution in [3.63, 3.8) is 0 Å². The third kappa shape index (κ3) is 2.74. The van der Waals surface area contributed by atoms with Gasteiger partial charge in [0, 0.05) is 30.0 Å². The van der Waals surface area contributed by atoms with Crippen LogP contribution in [0.1, 0.15) is 47.2 Å². The lowest BCUT2D eigenvalue weighted by atomic mass is 10.2. The van der Waals surface area contributed by atoms with Gasteiger partial charge in [0.2, 0.25) is 0 Å². The lowest BCUT2D eigenvalue weighted by Crippen LogP contribution is -2.06. The summed E-state index contributed by atoms with van der Waals surface area (Å²) in [5.41, 5.74) is 1.82. The lowest BCUT2D eigenvalue weighted by molar-refractivity contribution is 0.510. The number of hydrogen-bond acceptors (Lipinski definition) is 5. The van der Waals surface area contributed by atoms with Gasteiger partial charge < -0.3 is 4.98 Å². The predicted molar refractivity (Wildman–Crippen MR) is 97.3 cm³/mol. The molecule has 1 N–H and O–H groups in total. The van der Waals surface area contributed by atoms with Crippen LogP contribution in [0.25, 0.3) is 16.9 Å². The number of nitrogens with one attached hydrogen (secondary N) is 1. The molecule has 0 aliphatic heterocycles. The first-order chi connectivity index (χ1) is 13.4. The van der Waals surface area contributed by atoms with E-state index in [0.29, 0.717) is 28.5 Å². The Morgan fingerprint density at radius 3 is 2.46 bits per heavy atom. The largest absolute Gasteiger partial charge is 0.342 e. The summed E-state index contributed by atoms with van der Waals surface area (Å²) in [6, 6.07) is 4.17. The molecule has 9 heteroatoms. The second-order valence-corrected chi connectivity index (χ2v) is 7.17. The van der Waals surface area contributed by atoms with E-state index in [1.54, 1.807) is 4.68 Å². The van der Waals surface area contributed by atoms with Crippen LogP contribution in [0.15, 0.2) is 18.2 Å². The van der Waals surface area contributed by atoms with Crippen LogP contribution in [-0.4, -0.2) is 34.7 Å². The van der Waals surface area contributed by atoms with E-state index in [-0.39, 0.29) is 11.8 Å². The molecular weight excluding hydrogens is 364 g/mol. The first kappa shape index (κ1) is 16.9. The summed E-state index contributed by atoms with van der Waals surface area (Å²) < 4.78 is 28.6. The van der Waals surface area contributed by atoms with Crippen LogP contribution in [0.3, 0.4) is 0 Å². The van der Waals surface area contributed by atoms with Crippen molar-refractivity contribution in [1.82, 2.24) is 34.7 Å². The lowest BCUT2D eigenvalue weighted by Gasteiger charge is -2.06. The smallest absolute Gasteiger partial charge is 0.161 e. The van der Waals surface area contributed by atoms with E-state index in [1.165, 1.54) is 0 Å². The van der Waals surface area contributed by atoms with Gasteiger partial charge in [0.15, 0.2) is 17.5 Å². The normalized spacial score (nSPS) is 18.8. The highest BCUT2D eigenvalue weighted by Crippen LogP contribution is 2.53. The Labute approximate surface area is 158 Å². The molecule has 3 heterocycles. The topological polar surface area (TPSA) is 85.2 Å². The van der Waals surface area contributed by atoms with Crippen LogP contribution in [0.2, 0.25) is 0 Å². The molecule has 1 fully saturated rings. The van der Waals surface area contributed by atoms with E-state index >= 15 is 0 Å². The molecule has 0 radical (unpaired) electrons. The molecule has 3 aromatic heterocycles. The Morgan fingerprint density at radius 1 is 0.929 bits per heavy atom. The highest BCUT2D eigenvalue weighted by Gasteiger charge is 2.43. The van der Waals surface area contributed by atoms with E-state index in [9.17, 15) is 8.78 Å². The minimum Gasteiger partial charge on any atom is -0.342 e. The number of fused-ring (bicyclic) bond motifs is 1. The molecule has 28 heavy (non-hydrogen) atoms. The maximum absolute atomic E-state index is 13.4. The number of aromatic amines is 1. The number of imidazole rings is 1. The standard InChI is InChI=1S/C19H17F2N7/c1-8-23-15(7-18(24-8)28-10(3)22-9(2)27-28)11-4-12(11)19-25-16-5-13(20)14(21)6-17(16)26-19/h5-7,11-12H,4H2,1-3H3,(H,25,26)/t11-,12-/m1/s1. The highest BCUT2D eigenvalue weighted by atomic mass is 19.2. The molecule has 1 aliphatic carbocycles. The summed E-state index contributed by atoms with van der Waals surface area (Å²) in [5.74, 6) is 2.00. The first-order valence-corrected chi connectivity index (χ1v) is 9.00. The SMILES string of the molecule is Cc1nc([C@@H]2C[C@H]2c2nc3cc(F)c(F)cc3[nH]2)cc(-n2nc(C)nc2C)n1. The van der Waals surface area contributed by atoms with Crippen molar-refractivity contribution >= 4 is 11.0 Å². The summed E-state index contributed by atoms with van der Waals surface area (Å²) in [7, 11) is 0.